The third-order valence-corrected chi connectivity index (χ3v) is 11.1. The molecule has 338 valence electrons. The summed E-state index contributed by atoms with van der Waals surface area (Å²) in [4.78, 5) is 99.4. The molecule has 0 saturated carbocycles. The lowest BCUT2D eigenvalue weighted by atomic mass is 10.0. The van der Waals surface area contributed by atoms with Crippen molar-refractivity contribution in [3.05, 3.63) is 77.1 Å². The number of nitrogens with one attached hydrogen (secondary N) is 4. The molecule has 3 aromatic rings. The molecule has 0 aliphatic carbocycles. The van der Waals surface area contributed by atoms with E-state index < -0.39 is 24.0 Å². The number of likely N-dealkylation sites (tertiary alicyclic amines) is 1. The fourth-order valence-corrected chi connectivity index (χ4v) is 7.76. The van der Waals surface area contributed by atoms with E-state index in [4.69, 9.17) is 9.72 Å². The van der Waals surface area contributed by atoms with Crippen molar-refractivity contribution >= 4 is 52.7 Å². The summed E-state index contributed by atoms with van der Waals surface area (Å²) in [6, 6.07) is 13.2. The molecule has 1 saturated heterocycles. The molecule has 17 heteroatoms. The van der Waals surface area contributed by atoms with E-state index >= 15 is 0 Å². The van der Waals surface area contributed by atoms with Gasteiger partial charge < -0.3 is 36.0 Å². The molecule has 2 atom stereocenters. The number of amides is 4. The molecule has 2 aliphatic rings. The van der Waals surface area contributed by atoms with Gasteiger partial charge in [0.05, 0.1) is 44.3 Å². The van der Waals surface area contributed by atoms with Crippen LogP contribution < -0.4 is 26.0 Å². The zero-order valence-corrected chi connectivity index (χ0v) is 36.3. The molecule has 2 unspecified atom stereocenters. The summed E-state index contributed by atoms with van der Waals surface area (Å²) in [7, 11) is 1.47. The number of ketones is 2. The minimum Gasteiger partial charge on any atom is -0.481 e. The van der Waals surface area contributed by atoms with Crippen molar-refractivity contribution < 1.29 is 43.4 Å². The van der Waals surface area contributed by atoms with Crippen LogP contribution in [0, 0.1) is 0 Å². The van der Waals surface area contributed by atoms with E-state index in [2.05, 4.69) is 37.2 Å². The summed E-state index contributed by atoms with van der Waals surface area (Å²) >= 11 is 0. The number of carboxylic acid groups (broad SMARTS) is 1. The number of benzene rings is 1. The van der Waals surface area contributed by atoms with Gasteiger partial charge in [0.2, 0.25) is 29.5 Å². The highest BCUT2D eigenvalue weighted by Crippen LogP contribution is 2.25. The Labute approximate surface area is 368 Å². The first-order valence-electron chi connectivity index (χ1n) is 21.8. The van der Waals surface area contributed by atoms with Crippen molar-refractivity contribution in [1.82, 2.24) is 30.4 Å². The summed E-state index contributed by atoms with van der Waals surface area (Å²) in [6.07, 6.45) is 7.47. The molecular weight excluding hydrogens is 809 g/mol. The number of carboxylic acids is 1. The largest absolute Gasteiger partial charge is 0.481 e. The highest BCUT2D eigenvalue weighted by atomic mass is 16.5. The van der Waals surface area contributed by atoms with Crippen molar-refractivity contribution in [3.8, 4) is 5.88 Å². The lowest BCUT2D eigenvalue weighted by Crippen LogP contribution is -2.45. The van der Waals surface area contributed by atoms with Gasteiger partial charge in [0.1, 0.15) is 17.4 Å². The predicted octanol–water partition coefficient (Wildman–Crippen LogP) is 4.15. The molecule has 2 aromatic heterocycles. The second-order valence-electron chi connectivity index (χ2n) is 16.2. The van der Waals surface area contributed by atoms with Gasteiger partial charge in [-0.15, -0.1) is 0 Å². The van der Waals surface area contributed by atoms with Crippen molar-refractivity contribution in [2.45, 2.75) is 109 Å². The Hall–Kier alpha value is -6.23. The number of hydrogen-bond donors (Lipinski definition) is 5. The number of carbonyl (C=O) groups is 7. The number of carbonyl (C=O) groups excluding carboxylic acids is 6. The summed E-state index contributed by atoms with van der Waals surface area (Å²) in [5, 5.41) is 21.4. The maximum Gasteiger partial charge on any atom is 0.305 e. The van der Waals surface area contributed by atoms with E-state index in [1.54, 1.807) is 24.3 Å². The average Bonchev–Trinajstić information content (AvgIpc) is 3.61. The second kappa shape index (κ2) is 24.4. The molecule has 0 spiro atoms. The molecule has 17 nitrogen and oxygen atoms in total. The van der Waals surface area contributed by atoms with Crippen molar-refractivity contribution in [2.24, 2.45) is 0 Å². The number of nitrogens with zero attached hydrogens (tertiary/aromatic N) is 4. The highest BCUT2D eigenvalue weighted by molar-refractivity contribution is 5.98. The second-order valence-corrected chi connectivity index (χ2v) is 16.2. The fraction of sp³-hybridized carbons (Fsp3) is 0.500. The SMILES string of the molecule is COc1ccc(C(CC(=O)O)NC(=O)CN2CCC(N(CCCCCNC(=O)CCCC(=O)Nc3ccc(CCC(=O)CC(C)=O)cc3)Cc3ccc4c(n3)NCCC4)C2=O)cn1. The minimum absolute atomic E-state index is 0.0512. The fourth-order valence-electron chi connectivity index (χ4n) is 7.76. The monoisotopic (exact) mass is 868 g/mol. The number of unbranched alkanes of at least 4 members (excludes halogenated alkanes) is 2. The van der Waals surface area contributed by atoms with Gasteiger partial charge in [0.25, 0.3) is 0 Å². The molecule has 0 bridgehead atoms. The number of aromatic nitrogens is 2. The minimum atomic E-state index is -1.09. The molecule has 5 rings (SSSR count). The maximum absolute atomic E-state index is 13.9. The van der Waals surface area contributed by atoms with Gasteiger partial charge in [0.15, 0.2) is 0 Å². The normalized spacial score (nSPS) is 14.9. The van der Waals surface area contributed by atoms with Crippen LogP contribution >= 0.6 is 0 Å². The van der Waals surface area contributed by atoms with E-state index in [1.807, 2.05) is 18.2 Å². The number of rotatable bonds is 26. The molecule has 4 heterocycles. The topological polar surface area (TPSA) is 229 Å². The first-order chi connectivity index (χ1) is 30.4. The lowest BCUT2D eigenvalue weighted by Gasteiger charge is -2.28. The number of anilines is 2. The molecule has 1 aromatic carbocycles. The van der Waals surface area contributed by atoms with E-state index in [0.29, 0.717) is 62.6 Å². The van der Waals surface area contributed by atoms with Gasteiger partial charge in [-0.05, 0) is 93.3 Å². The van der Waals surface area contributed by atoms with E-state index in [0.717, 1.165) is 55.7 Å². The third kappa shape index (κ3) is 15.9. The van der Waals surface area contributed by atoms with Crippen LogP contribution in [0.5, 0.6) is 5.88 Å². The van der Waals surface area contributed by atoms with Crippen molar-refractivity contribution in [3.63, 3.8) is 0 Å². The molecule has 63 heavy (non-hydrogen) atoms. The number of aryl methyl sites for hydroxylation is 2. The van der Waals surface area contributed by atoms with Crippen molar-refractivity contribution in [1.29, 1.82) is 0 Å². The Kier molecular flexibility index (Phi) is 18.5. The first-order valence-corrected chi connectivity index (χ1v) is 21.8. The van der Waals surface area contributed by atoms with Crippen molar-refractivity contribution in [2.75, 3.05) is 50.5 Å². The van der Waals surface area contributed by atoms with E-state index in [1.165, 1.54) is 30.7 Å². The number of hydrogen-bond acceptors (Lipinski definition) is 12. The van der Waals surface area contributed by atoms with E-state index in [9.17, 15) is 38.7 Å². The zero-order chi connectivity index (χ0) is 45.1. The standard InChI is InChI=1S/C46H60N8O9/c1-31(55)26-37(56)19-13-32-11-16-35(17-12-32)50-41(58)10-6-9-40(57)47-22-4-3-5-24-53(29-36-18-14-33-8-7-23-48-45(33)51-36)39-21-25-54(46(39)62)30-42(59)52-38(27-44(60)61)34-15-20-43(63-2)49-28-34/h11-12,14-18,20,28,38-39H,3-10,13,19,21-27,29-30H2,1-2H3,(H,47,57)(H,48,51)(H,50,58)(H,52,59)(H,60,61). The van der Waals surface area contributed by atoms with E-state index in [-0.39, 0.29) is 67.9 Å². The number of Topliss-reactive ketones (excluding diaryl/α,β-unsaturated/α-hetero) is 2. The van der Waals surface area contributed by atoms with Gasteiger partial charge >= 0.3 is 5.97 Å². The maximum atomic E-state index is 13.9. The smallest absolute Gasteiger partial charge is 0.305 e. The van der Waals surface area contributed by atoms with Crippen LogP contribution in [0.3, 0.4) is 0 Å². The zero-order valence-electron chi connectivity index (χ0n) is 36.3. The van der Waals surface area contributed by atoms with Crippen LogP contribution in [-0.4, -0.2) is 112 Å². The Morgan fingerprint density at radius 3 is 2.48 bits per heavy atom. The number of fused-ring (bicyclic) bond motifs is 1. The first kappa shape index (κ1) is 47.8. The van der Waals surface area contributed by atoms with Gasteiger partial charge in [-0.3, -0.25) is 38.5 Å². The Morgan fingerprint density at radius 2 is 1.75 bits per heavy atom. The quantitative estimate of drug-likeness (QED) is 0.0565. The highest BCUT2D eigenvalue weighted by Gasteiger charge is 2.37. The average molecular weight is 869 g/mol. The Bertz CT molecular complexity index is 2060. The number of methoxy groups -OCH3 is 1. The van der Waals surface area contributed by atoms with Gasteiger partial charge in [-0.25, -0.2) is 9.97 Å². The molecule has 2 aliphatic heterocycles. The summed E-state index contributed by atoms with van der Waals surface area (Å²) in [6.45, 7) is 3.93. The number of pyridine rings is 2. The van der Waals surface area contributed by atoms with Crippen LogP contribution in [0.1, 0.15) is 106 Å². The summed E-state index contributed by atoms with van der Waals surface area (Å²) in [5.41, 5.74) is 4.07. The molecular formula is C46H60N8O9. The lowest BCUT2D eigenvalue weighted by molar-refractivity contribution is -0.139. The number of aliphatic carboxylic acids is 1. The van der Waals surface area contributed by atoms with Crippen LogP contribution in [0.15, 0.2) is 54.7 Å². The van der Waals surface area contributed by atoms with Gasteiger partial charge in [0, 0.05) is 63.4 Å². The molecule has 5 N–H and O–H groups in total. The molecule has 4 amide bonds. The summed E-state index contributed by atoms with van der Waals surface area (Å²) < 4.78 is 5.09. The third-order valence-electron chi connectivity index (χ3n) is 11.1. The Morgan fingerprint density at radius 1 is 0.952 bits per heavy atom. The van der Waals surface area contributed by atoms with Gasteiger partial charge in [-0.2, -0.15) is 0 Å². The number of ether oxygens (including phenoxy) is 1. The van der Waals surface area contributed by atoms with Crippen LogP contribution in [0.4, 0.5) is 11.5 Å². The Balaban J connectivity index is 1.05. The molecule has 0 radical (unpaired) electrons. The molecule has 1 fully saturated rings. The predicted molar refractivity (Wildman–Crippen MR) is 235 cm³/mol. The van der Waals surface area contributed by atoms with Crippen LogP contribution in [0.2, 0.25) is 0 Å². The van der Waals surface area contributed by atoms with Gasteiger partial charge in [-0.1, -0.05) is 30.7 Å². The van der Waals surface area contributed by atoms with Crippen LogP contribution in [0.25, 0.3) is 0 Å². The summed E-state index contributed by atoms with van der Waals surface area (Å²) in [5.74, 6) is -1.07. The van der Waals surface area contributed by atoms with Crippen LogP contribution in [-0.2, 0) is 52.9 Å².